The molecule has 4 aliphatic carbocycles. The maximum absolute atomic E-state index is 12.0. The number of hydrogen-bond acceptors (Lipinski definition) is 4. The summed E-state index contributed by atoms with van der Waals surface area (Å²) in [6.07, 6.45) is 2.23. The van der Waals surface area contributed by atoms with E-state index < -0.39 is 4.92 Å². The standard InChI is InChI=1S/C14H13NO4/c16-14(7-1-3-8(4-2-7)15(17)18)19-10-6-5-9-11-12(9)13(10)11/h1-4,9-13H,5-6H2. The fourth-order valence-electron chi connectivity index (χ4n) is 3.73. The van der Waals surface area contributed by atoms with Crippen LogP contribution in [0.1, 0.15) is 23.2 Å². The summed E-state index contributed by atoms with van der Waals surface area (Å²) in [5.41, 5.74) is 0.377. The van der Waals surface area contributed by atoms with Gasteiger partial charge in [-0.2, -0.15) is 0 Å². The Bertz CT molecular complexity index is 557. The summed E-state index contributed by atoms with van der Waals surface area (Å²) in [5.74, 6) is 2.86. The zero-order valence-corrected chi connectivity index (χ0v) is 10.2. The first-order valence-corrected chi connectivity index (χ1v) is 6.62. The molecule has 3 unspecified atom stereocenters. The summed E-state index contributed by atoms with van der Waals surface area (Å²) in [7, 11) is 0. The second kappa shape index (κ2) is 3.56. The molecule has 0 amide bonds. The van der Waals surface area contributed by atoms with E-state index in [0.717, 1.165) is 24.2 Å². The molecule has 0 N–H and O–H groups in total. The van der Waals surface area contributed by atoms with Crippen molar-refractivity contribution in [2.45, 2.75) is 18.9 Å². The van der Waals surface area contributed by atoms with Crippen molar-refractivity contribution in [3.05, 3.63) is 39.9 Å². The molecule has 1 aromatic carbocycles. The zero-order chi connectivity index (χ0) is 13.1. The van der Waals surface area contributed by atoms with Gasteiger partial charge in [0.1, 0.15) is 6.10 Å². The maximum atomic E-state index is 12.0. The van der Waals surface area contributed by atoms with E-state index >= 15 is 0 Å². The third-order valence-electron chi connectivity index (χ3n) is 4.83. The number of carbonyl (C=O) groups excluding carboxylic acids is 1. The Labute approximate surface area is 109 Å². The van der Waals surface area contributed by atoms with Crippen LogP contribution < -0.4 is 0 Å². The van der Waals surface area contributed by atoms with Crippen LogP contribution in [0.4, 0.5) is 5.69 Å². The van der Waals surface area contributed by atoms with Crippen LogP contribution in [0.5, 0.6) is 0 Å². The number of fused-ring (bicyclic) bond motifs is 2. The van der Waals surface area contributed by atoms with Crippen LogP contribution in [0, 0.1) is 33.8 Å². The Balaban J connectivity index is 1.43. The number of nitro groups is 1. The molecule has 1 aromatic rings. The van der Waals surface area contributed by atoms with Gasteiger partial charge in [-0.25, -0.2) is 4.79 Å². The zero-order valence-electron chi connectivity index (χ0n) is 10.2. The molecule has 4 saturated carbocycles. The first-order chi connectivity index (χ1) is 9.16. The first kappa shape index (κ1) is 11.0. The molecule has 4 fully saturated rings. The largest absolute Gasteiger partial charge is 0.458 e. The molecule has 0 heterocycles. The number of ether oxygens (including phenoxy) is 1. The van der Waals surface area contributed by atoms with Crippen molar-refractivity contribution in [2.24, 2.45) is 23.7 Å². The van der Waals surface area contributed by atoms with Gasteiger partial charge in [-0.1, -0.05) is 0 Å². The van der Waals surface area contributed by atoms with Crippen molar-refractivity contribution in [3.63, 3.8) is 0 Å². The summed E-state index contributed by atoms with van der Waals surface area (Å²) in [4.78, 5) is 22.0. The summed E-state index contributed by atoms with van der Waals surface area (Å²) < 4.78 is 5.54. The number of benzene rings is 1. The molecule has 19 heavy (non-hydrogen) atoms. The highest BCUT2D eigenvalue weighted by atomic mass is 16.6. The van der Waals surface area contributed by atoms with E-state index in [-0.39, 0.29) is 17.8 Å². The molecule has 5 rings (SSSR count). The third kappa shape index (κ3) is 1.57. The Kier molecular flexibility index (Phi) is 2.05. The van der Waals surface area contributed by atoms with E-state index in [1.807, 2.05) is 0 Å². The second-order valence-corrected chi connectivity index (χ2v) is 5.72. The number of hydrogen-bond donors (Lipinski definition) is 0. The van der Waals surface area contributed by atoms with E-state index in [9.17, 15) is 14.9 Å². The van der Waals surface area contributed by atoms with Crippen molar-refractivity contribution in [2.75, 3.05) is 0 Å². The summed E-state index contributed by atoms with van der Waals surface area (Å²) >= 11 is 0. The molecule has 2 bridgehead atoms. The lowest BCUT2D eigenvalue weighted by Crippen LogP contribution is -2.30. The highest BCUT2D eigenvalue weighted by Crippen LogP contribution is 2.79. The Morgan fingerprint density at radius 1 is 1.16 bits per heavy atom. The molecule has 98 valence electrons. The fourth-order valence-corrected chi connectivity index (χ4v) is 3.73. The summed E-state index contributed by atoms with van der Waals surface area (Å²) in [5, 5.41) is 10.5. The van der Waals surface area contributed by atoms with Crippen molar-refractivity contribution in [1.82, 2.24) is 0 Å². The highest BCUT2D eigenvalue weighted by molar-refractivity contribution is 5.89. The molecular weight excluding hydrogens is 246 g/mol. The van der Waals surface area contributed by atoms with Crippen molar-refractivity contribution in [3.8, 4) is 0 Å². The summed E-state index contributed by atoms with van der Waals surface area (Å²) in [6.45, 7) is 0. The number of rotatable bonds is 3. The Hall–Kier alpha value is -1.91. The van der Waals surface area contributed by atoms with Gasteiger partial charge < -0.3 is 4.74 Å². The molecule has 0 aliphatic heterocycles. The van der Waals surface area contributed by atoms with E-state index in [0.29, 0.717) is 11.5 Å². The van der Waals surface area contributed by atoms with Gasteiger partial charge in [-0.05, 0) is 42.7 Å². The van der Waals surface area contributed by atoms with Gasteiger partial charge in [-0.3, -0.25) is 10.1 Å². The van der Waals surface area contributed by atoms with Crippen molar-refractivity contribution >= 4 is 11.7 Å². The van der Waals surface area contributed by atoms with Gasteiger partial charge in [-0.15, -0.1) is 0 Å². The quantitative estimate of drug-likeness (QED) is 0.475. The van der Waals surface area contributed by atoms with Crippen LogP contribution in [0.25, 0.3) is 0 Å². The molecule has 5 heteroatoms. The van der Waals surface area contributed by atoms with Crippen LogP contribution in [0.2, 0.25) is 0 Å². The lowest BCUT2D eigenvalue weighted by atomic mass is 9.86. The highest BCUT2D eigenvalue weighted by Gasteiger charge is 2.77. The van der Waals surface area contributed by atoms with Gasteiger partial charge in [0.05, 0.1) is 10.5 Å². The van der Waals surface area contributed by atoms with Crippen LogP contribution >= 0.6 is 0 Å². The topological polar surface area (TPSA) is 69.4 Å². The second-order valence-electron chi connectivity index (χ2n) is 5.72. The summed E-state index contributed by atoms with van der Waals surface area (Å²) in [6, 6.07) is 5.59. The van der Waals surface area contributed by atoms with Crippen LogP contribution in [0.15, 0.2) is 24.3 Å². The smallest absolute Gasteiger partial charge is 0.338 e. The predicted molar refractivity (Wildman–Crippen MR) is 65.5 cm³/mol. The Morgan fingerprint density at radius 2 is 1.84 bits per heavy atom. The lowest BCUT2D eigenvalue weighted by molar-refractivity contribution is -0.384. The fraction of sp³-hybridized carbons (Fsp3) is 0.500. The first-order valence-electron chi connectivity index (χ1n) is 6.62. The Morgan fingerprint density at radius 3 is 2.42 bits per heavy atom. The minimum atomic E-state index is -0.478. The lowest BCUT2D eigenvalue weighted by Gasteiger charge is -2.28. The molecule has 4 aliphatic rings. The normalized spacial score (nSPS) is 37.2. The average Bonchev–Trinajstić information content (AvgIpc) is 3.30. The molecular formula is C14H13NO4. The van der Waals surface area contributed by atoms with Gasteiger partial charge in [0, 0.05) is 18.1 Å². The number of esters is 1. The number of nitro benzene ring substituents is 1. The van der Waals surface area contributed by atoms with Gasteiger partial charge >= 0.3 is 5.97 Å². The van der Waals surface area contributed by atoms with Crippen LogP contribution in [0.3, 0.4) is 0 Å². The third-order valence-corrected chi connectivity index (χ3v) is 4.83. The van der Waals surface area contributed by atoms with Crippen molar-refractivity contribution < 1.29 is 14.5 Å². The van der Waals surface area contributed by atoms with E-state index in [4.69, 9.17) is 4.74 Å². The number of nitrogens with zero attached hydrogens (tertiary/aromatic N) is 1. The predicted octanol–water partition coefficient (Wildman–Crippen LogP) is 2.41. The van der Waals surface area contributed by atoms with Gasteiger partial charge in [0.15, 0.2) is 0 Å². The van der Waals surface area contributed by atoms with E-state index in [1.165, 1.54) is 30.7 Å². The molecule has 0 radical (unpaired) electrons. The molecule has 5 nitrogen and oxygen atoms in total. The monoisotopic (exact) mass is 259 g/mol. The van der Waals surface area contributed by atoms with Gasteiger partial charge in [0.25, 0.3) is 5.69 Å². The van der Waals surface area contributed by atoms with E-state index in [1.54, 1.807) is 0 Å². The number of non-ortho nitro benzene ring substituents is 1. The number of carbonyl (C=O) groups is 1. The molecule has 3 atom stereocenters. The maximum Gasteiger partial charge on any atom is 0.338 e. The van der Waals surface area contributed by atoms with Crippen LogP contribution in [-0.4, -0.2) is 17.0 Å². The molecule has 0 aromatic heterocycles. The SMILES string of the molecule is O=C(OC1CCC2C3C1C23)c1ccc([N+](=O)[O-])cc1. The minimum Gasteiger partial charge on any atom is -0.458 e. The van der Waals surface area contributed by atoms with Crippen LogP contribution in [-0.2, 0) is 4.74 Å². The molecule has 0 spiro atoms. The van der Waals surface area contributed by atoms with Gasteiger partial charge in [0.2, 0.25) is 0 Å². The minimum absolute atomic E-state index is 0.0134. The van der Waals surface area contributed by atoms with Crippen molar-refractivity contribution in [1.29, 1.82) is 0 Å². The average molecular weight is 259 g/mol. The molecule has 0 saturated heterocycles. The van der Waals surface area contributed by atoms with E-state index in [2.05, 4.69) is 0 Å².